The highest BCUT2D eigenvalue weighted by molar-refractivity contribution is 5.84. The van der Waals surface area contributed by atoms with Gasteiger partial charge < -0.3 is 15.7 Å². The van der Waals surface area contributed by atoms with Crippen LogP contribution in [0.25, 0.3) is 0 Å². The third kappa shape index (κ3) is 32.6. The molecule has 3 N–H and O–H groups in total. The quantitative estimate of drug-likeness (QED) is 0.0707. The zero-order chi connectivity index (χ0) is 29.4. The maximum Gasteiger partial charge on any atom is 0.303 e. The lowest BCUT2D eigenvalue weighted by atomic mass is 10.0. The van der Waals surface area contributed by atoms with Crippen LogP contribution in [-0.2, 0) is 14.4 Å². The number of carbonyl (C=O) groups is 3. The molecule has 0 aliphatic carbocycles. The molecule has 0 heterocycles. The van der Waals surface area contributed by atoms with Crippen LogP contribution >= 0.6 is 0 Å². The van der Waals surface area contributed by atoms with Crippen molar-refractivity contribution in [1.29, 1.82) is 0 Å². The first-order chi connectivity index (χ1) is 19.6. The Hall–Kier alpha value is -1.59. The largest absolute Gasteiger partial charge is 0.481 e. The minimum atomic E-state index is -0.872. The molecule has 236 valence electrons. The van der Waals surface area contributed by atoms with E-state index >= 15 is 0 Å². The van der Waals surface area contributed by atoms with E-state index in [0.717, 1.165) is 12.8 Å². The predicted molar refractivity (Wildman–Crippen MR) is 169 cm³/mol. The molecule has 0 aliphatic heterocycles. The van der Waals surface area contributed by atoms with E-state index in [9.17, 15) is 14.4 Å². The average Bonchev–Trinajstić information content (AvgIpc) is 2.94. The molecular weight excluding hydrogens is 500 g/mol. The van der Waals surface area contributed by atoms with Crippen LogP contribution in [0.4, 0.5) is 0 Å². The smallest absolute Gasteiger partial charge is 0.303 e. The predicted octanol–water partition coefficient (Wildman–Crippen LogP) is 9.25. The maximum absolute atomic E-state index is 11.8. The standard InChI is InChI=1S/C34H66N2O4/c1-2-3-4-5-6-7-8-9-10-11-12-13-14-15-16-17-18-19-20-21-22-23-24-25-26-28-32(37)36-31-33(38)35-30-27-29-34(39)40/h2-31H2,1H3,(H,35,38)(H,36,37)(H,39,40). The zero-order valence-electron chi connectivity index (χ0n) is 26.4. The number of rotatable bonds is 32. The molecule has 0 spiro atoms. The highest BCUT2D eigenvalue weighted by atomic mass is 16.4. The molecule has 0 saturated heterocycles. The van der Waals surface area contributed by atoms with Gasteiger partial charge in [-0.25, -0.2) is 0 Å². The molecule has 0 aromatic carbocycles. The Labute approximate surface area is 247 Å². The van der Waals surface area contributed by atoms with Crippen LogP contribution in [0.3, 0.4) is 0 Å². The summed E-state index contributed by atoms with van der Waals surface area (Å²) in [6, 6.07) is 0. The molecule has 2 amide bonds. The molecule has 0 aromatic rings. The first-order valence-electron chi connectivity index (χ1n) is 17.3. The van der Waals surface area contributed by atoms with Crippen LogP contribution in [0.15, 0.2) is 0 Å². The van der Waals surface area contributed by atoms with E-state index in [1.807, 2.05) is 0 Å². The van der Waals surface area contributed by atoms with Crippen molar-refractivity contribution in [2.45, 2.75) is 187 Å². The van der Waals surface area contributed by atoms with Gasteiger partial charge in [0.1, 0.15) is 0 Å². The van der Waals surface area contributed by atoms with Crippen LogP contribution in [0.5, 0.6) is 0 Å². The lowest BCUT2D eigenvalue weighted by Gasteiger charge is -2.06. The Morgan fingerprint density at radius 2 is 0.775 bits per heavy atom. The van der Waals surface area contributed by atoms with E-state index in [4.69, 9.17) is 5.11 Å². The van der Waals surface area contributed by atoms with Gasteiger partial charge in [-0.1, -0.05) is 161 Å². The zero-order valence-corrected chi connectivity index (χ0v) is 26.4. The minimum absolute atomic E-state index is 0.0340. The Balaban J connectivity index is 3.19. The summed E-state index contributed by atoms with van der Waals surface area (Å²) in [6.07, 6.45) is 35.0. The SMILES string of the molecule is CCCCCCCCCCCCCCCCCCCCCCCCCCCC(=O)NCC(=O)NCCCC(=O)O. The van der Waals surface area contributed by atoms with Gasteiger partial charge in [-0.05, 0) is 12.8 Å². The first-order valence-corrected chi connectivity index (χ1v) is 17.3. The molecule has 0 aliphatic rings. The van der Waals surface area contributed by atoms with Crippen molar-refractivity contribution >= 4 is 17.8 Å². The molecule has 0 saturated carbocycles. The van der Waals surface area contributed by atoms with Gasteiger partial charge in [0, 0.05) is 19.4 Å². The molecule has 0 atom stereocenters. The fourth-order valence-electron chi connectivity index (χ4n) is 5.22. The summed E-state index contributed by atoms with van der Waals surface area (Å²) in [4.78, 5) is 33.9. The van der Waals surface area contributed by atoms with Crippen LogP contribution in [0.2, 0.25) is 0 Å². The highest BCUT2D eigenvalue weighted by Gasteiger charge is 2.05. The lowest BCUT2D eigenvalue weighted by molar-refractivity contribution is -0.137. The Morgan fingerprint density at radius 3 is 1.12 bits per heavy atom. The summed E-state index contributed by atoms with van der Waals surface area (Å²) >= 11 is 0. The summed E-state index contributed by atoms with van der Waals surface area (Å²) in [6.45, 7) is 2.57. The van der Waals surface area contributed by atoms with Crippen LogP contribution in [-0.4, -0.2) is 36.0 Å². The van der Waals surface area contributed by atoms with E-state index < -0.39 is 5.97 Å². The Morgan fingerprint density at radius 1 is 0.425 bits per heavy atom. The summed E-state index contributed by atoms with van der Waals surface area (Å²) in [5.41, 5.74) is 0. The van der Waals surface area contributed by atoms with E-state index in [2.05, 4.69) is 17.6 Å². The first kappa shape index (κ1) is 38.4. The molecule has 0 aromatic heterocycles. The van der Waals surface area contributed by atoms with Gasteiger partial charge in [0.2, 0.25) is 11.8 Å². The molecule has 0 unspecified atom stereocenters. The number of carbonyl (C=O) groups excluding carboxylic acids is 2. The number of unbranched alkanes of at least 4 members (excludes halogenated alkanes) is 24. The number of carboxylic acids is 1. The maximum atomic E-state index is 11.8. The Bertz CT molecular complexity index is 582. The number of amides is 2. The molecule has 6 nitrogen and oxygen atoms in total. The van der Waals surface area contributed by atoms with Crippen molar-refractivity contribution in [3.05, 3.63) is 0 Å². The van der Waals surface area contributed by atoms with Crippen molar-refractivity contribution in [2.24, 2.45) is 0 Å². The molecule has 0 bridgehead atoms. The summed E-state index contributed by atoms with van der Waals surface area (Å²) in [7, 11) is 0. The second-order valence-corrected chi connectivity index (χ2v) is 11.9. The van der Waals surface area contributed by atoms with Crippen molar-refractivity contribution in [2.75, 3.05) is 13.1 Å². The van der Waals surface area contributed by atoms with Crippen LogP contribution < -0.4 is 10.6 Å². The second-order valence-electron chi connectivity index (χ2n) is 11.9. The number of hydrogen-bond acceptors (Lipinski definition) is 3. The molecule has 6 heteroatoms. The lowest BCUT2D eigenvalue weighted by Crippen LogP contribution is -2.37. The van der Waals surface area contributed by atoms with Gasteiger partial charge in [0.05, 0.1) is 6.54 Å². The fourth-order valence-corrected chi connectivity index (χ4v) is 5.22. The van der Waals surface area contributed by atoms with Gasteiger partial charge in [0.15, 0.2) is 0 Å². The molecule has 0 fully saturated rings. The van der Waals surface area contributed by atoms with E-state index in [-0.39, 0.29) is 24.8 Å². The van der Waals surface area contributed by atoms with Crippen LogP contribution in [0, 0.1) is 0 Å². The minimum Gasteiger partial charge on any atom is -0.481 e. The molecule has 0 rings (SSSR count). The van der Waals surface area contributed by atoms with Crippen molar-refractivity contribution < 1.29 is 19.5 Å². The van der Waals surface area contributed by atoms with Crippen molar-refractivity contribution in [1.82, 2.24) is 10.6 Å². The summed E-state index contributed by atoms with van der Waals surface area (Å²) in [5, 5.41) is 13.8. The summed E-state index contributed by atoms with van der Waals surface area (Å²) < 4.78 is 0. The van der Waals surface area contributed by atoms with Gasteiger partial charge in [0.25, 0.3) is 0 Å². The van der Waals surface area contributed by atoms with E-state index in [0.29, 0.717) is 19.4 Å². The van der Waals surface area contributed by atoms with E-state index in [1.165, 1.54) is 148 Å². The van der Waals surface area contributed by atoms with Gasteiger partial charge in [-0.15, -0.1) is 0 Å². The van der Waals surface area contributed by atoms with Crippen LogP contribution in [0.1, 0.15) is 187 Å². The Kier molecular flexibility index (Phi) is 30.7. The third-order valence-electron chi connectivity index (χ3n) is 7.84. The molecule has 40 heavy (non-hydrogen) atoms. The highest BCUT2D eigenvalue weighted by Crippen LogP contribution is 2.16. The average molecular weight is 567 g/mol. The van der Waals surface area contributed by atoms with Crippen molar-refractivity contribution in [3.8, 4) is 0 Å². The van der Waals surface area contributed by atoms with Crippen molar-refractivity contribution in [3.63, 3.8) is 0 Å². The van der Waals surface area contributed by atoms with Gasteiger partial charge >= 0.3 is 5.97 Å². The third-order valence-corrected chi connectivity index (χ3v) is 7.84. The number of hydrogen-bond donors (Lipinski definition) is 3. The number of aliphatic carboxylic acids is 1. The van der Waals surface area contributed by atoms with Gasteiger partial charge in [-0.2, -0.15) is 0 Å². The van der Waals surface area contributed by atoms with Gasteiger partial charge in [-0.3, -0.25) is 14.4 Å². The number of carboxylic acid groups (broad SMARTS) is 1. The summed E-state index contributed by atoms with van der Waals surface area (Å²) in [5.74, 6) is -1.23. The number of nitrogens with one attached hydrogen (secondary N) is 2. The second kappa shape index (κ2) is 31.9. The monoisotopic (exact) mass is 567 g/mol. The molecule has 0 radical (unpaired) electrons. The fraction of sp³-hybridized carbons (Fsp3) is 0.912. The molecular formula is C34H66N2O4. The van der Waals surface area contributed by atoms with E-state index in [1.54, 1.807) is 0 Å². The normalized spacial score (nSPS) is 11.0. The topological polar surface area (TPSA) is 95.5 Å².